The van der Waals surface area contributed by atoms with Gasteiger partial charge in [0.05, 0.1) is 17.9 Å². The van der Waals surface area contributed by atoms with Crippen LogP contribution in [-0.4, -0.2) is 28.9 Å². The molecule has 2 saturated heterocycles. The number of rotatable bonds is 2. The third kappa shape index (κ3) is 1.74. The molecule has 2 heterocycles. The first kappa shape index (κ1) is 12.2. The van der Waals surface area contributed by atoms with E-state index < -0.39 is 5.41 Å². The van der Waals surface area contributed by atoms with E-state index in [1.165, 1.54) is 0 Å². The predicted molar refractivity (Wildman–Crippen MR) is 69.1 cm³/mol. The number of nitrogens with zero attached hydrogens (tertiary/aromatic N) is 1. The number of benzene rings is 1. The van der Waals surface area contributed by atoms with E-state index in [-0.39, 0.29) is 30.4 Å². The van der Waals surface area contributed by atoms with Gasteiger partial charge in [0.2, 0.25) is 5.91 Å². The number of carbonyl (C=O) groups excluding carboxylic acids is 2. The molecule has 0 unspecified atom stereocenters. The predicted octanol–water partition coefficient (Wildman–Crippen LogP) is 1.74. The maximum Gasteiger partial charge on any atom is 0.307 e. The summed E-state index contributed by atoms with van der Waals surface area (Å²) in [6, 6.07) is 9.82. The number of fused-ring (bicyclic) bond motifs is 1. The van der Waals surface area contributed by atoms with Gasteiger partial charge in [0.25, 0.3) is 0 Å². The van der Waals surface area contributed by atoms with Crippen LogP contribution in [0.1, 0.15) is 25.8 Å². The Morgan fingerprint density at radius 2 is 2.00 bits per heavy atom. The van der Waals surface area contributed by atoms with Crippen molar-refractivity contribution in [3.8, 4) is 0 Å². The summed E-state index contributed by atoms with van der Waals surface area (Å²) in [7, 11) is 0. The Labute approximate surface area is 112 Å². The maximum atomic E-state index is 12.6. The van der Waals surface area contributed by atoms with E-state index in [4.69, 9.17) is 4.74 Å². The molecule has 1 aromatic rings. The lowest BCUT2D eigenvalue weighted by Gasteiger charge is -2.24. The molecule has 0 aliphatic carbocycles. The molecule has 2 fully saturated rings. The van der Waals surface area contributed by atoms with Gasteiger partial charge in [-0.25, -0.2) is 0 Å². The zero-order valence-corrected chi connectivity index (χ0v) is 11.1. The molecule has 0 bridgehead atoms. The fourth-order valence-electron chi connectivity index (χ4n) is 3.21. The number of likely N-dealkylation sites (tertiary alicyclic amines) is 1. The largest absolute Gasteiger partial charge is 0.459 e. The summed E-state index contributed by atoms with van der Waals surface area (Å²) in [5.41, 5.74) is 0.420. The Balaban J connectivity index is 1.86. The van der Waals surface area contributed by atoms with Crippen molar-refractivity contribution in [2.45, 2.75) is 39.0 Å². The molecule has 3 rings (SSSR count). The Morgan fingerprint density at radius 3 is 2.63 bits per heavy atom. The summed E-state index contributed by atoms with van der Waals surface area (Å²) in [4.78, 5) is 25.8. The van der Waals surface area contributed by atoms with Crippen molar-refractivity contribution in [2.75, 3.05) is 0 Å². The van der Waals surface area contributed by atoms with Crippen molar-refractivity contribution in [1.82, 2.24) is 4.90 Å². The van der Waals surface area contributed by atoms with E-state index in [0.29, 0.717) is 6.54 Å². The molecule has 2 aliphatic rings. The van der Waals surface area contributed by atoms with Gasteiger partial charge in [0.1, 0.15) is 6.10 Å². The van der Waals surface area contributed by atoms with Crippen LogP contribution >= 0.6 is 0 Å². The molecule has 100 valence electrons. The second kappa shape index (κ2) is 4.08. The van der Waals surface area contributed by atoms with Crippen molar-refractivity contribution < 1.29 is 14.3 Å². The van der Waals surface area contributed by atoms with E-state index in [9.17, 15) is 9.59 Å². The molecule has 0 aromatic heterocycles. The third-order valence-electron chi connectivity index (χ3n) is 4.27. The highest BCUT2D eigenvalue weighted by Gasteiger charge is 2.61. The SMILES string of the molecule is C[C@@H]1[C@H]2OC(=O)C[C@@]2(C)C(=O)N1Cc1ccccc1. The van der Waals surface area contributed by atoms with E-state index in [2.05, 4.69) is 0 Å². The smallest absolute Gasteiger partial charge is 0.307 e. The number of carbonyl (C=O) groups is 2. The molecule has 4 nitrogen and oxygen atoms in total. The van der Waals surface area contributed by atoms with Gasteiger partial charge in [-0.3, -0.25) is 9.59 Å². The van der Waals surface area contributed by atoms with Gasteiger partial charge >= 0.3 is 5.97 Å². The Hall–Kier alpha value is -1.84. The highest BCUT2D eigenvalue weighted by molar-refractivity contribution is 5.93. The van der Waals surface area contributed by atoms with Gasteiger partial charge in [-0.2, -0.15) is 0 Å². The van der Waals surface area contributed by atoms with Crippen LogP contribution in [0.15, 0.2) is 30.3 Å². The maximum absolute atomic E-state index is 12.6. The molecule has 1 aromatic carbocycles. The minimum absolute atomic E-state index is 0.0275. The number of ether oxygens (including phenoxy) is 1. The molecule has 0 N–H and O–H groups in total. The van der Waals surface area contributed by atoms with Crippen LogP contribution in [0.5, 0.6) is 0 Å². The Kier molecular flexibility index (Phi) is 2.62. The Bertz CT molecular complexity index is 527. The van der Waals surface area contributed by atoms with Gasteiger partial charge in [-0.1, -0.05) is 30.3 Å². The summed E-state index contributed by atoms with van der Waals surface area (Å²) >= 11 is 0. The van der Waals surface area contributed by atoms with E-state index in [0.717, 1.165) is 5.56 Å². The van der Waals surface area contributed by atoms with Crippen molar-refractivity contribution >= 4 is 11.9 Å². The van der Waals surface area contributed by atoms with Gasteiger partial charge < -0.3 is 9.64 Å². The molecular formula is C15H17NO3. The number of esters is 1. The zero-order chi connectivity index (χ0) is 13.6. The standard InChI is InChI=1S/C15H17NO3/c1-10-13-15(2,8-12(17)19-13)14(18)16(10)9-11-6-4-3-5-7-11/h3-7,10,13H,8-9H2,1-2H3/t10-,13-,15-/m1/s1. The van der Waals surface area contributed by atoms with E-state index in [1.807, 2.05) is 49.1 Å². The zero-order valence-electron chi connectivity index (χ0n) is 11.1. The summed E-state index contributed by atoms with van der Waals surface area (Å²) in [5, 5.41) is 0. The van der Waals surface area contributed by atoms with Crippen LogP contribution in [0, 0.1) is 5.41 Å². The fourth-order valence-corrected chi connectivity index (χ4v) is 3.21. The van der Waals surface area contributed by atoms with Crippen LogP contribution < -0.4 is 0 Å². The number of hydrogen-bond donors (Lipinski definition) is 0. The minimum atomic E-state index is -0.675. The lowest BCUT2D eigenvalue weighted by molar-refractivity contribution is -0.144. The minimum Gasteiger partial charge on any atom is -0.459 e. The van der Waals surface area contributed by atoms with Crippen LogP contribution in [0.2, 0.25) is 0 Å². The molecule has 0 spiro atoms. The molecule has 0 radical (unpaired) electrons. The van der Waals surface area contributed by atoms with Crippen LogP contribution in [-0.2, 0) is 20.9 Å². The monoisotopic (exact) mass is 259 g/mol. The van der Waals surface area contributed by atoms with Crippen LogP contribution in [0.25, 0.3) is 0 Å². The second-order valence-electron chi connectivity index (χ2n) is 5.66. The molecule has 1 amide bonds. The molecule has 4 heteroatoms. The third-order valence-corrected chi connectivity index (χ3v) is 4.27. The summed E-state index contributed by atoms with van der Waals surface area (Å²) in [6.45, 7) is 4.37. The van der Waals surface area contributed by atoms with Crippen molar-refractivity contribution in [3.63, 3.8) is 0 Å². The van der Waals surface area contributed by atoms with Crippen molar-refractivity contribution in [3.05, 3.63) is 35.9 Å². The van der Waals surface area contributed by atoms with E-state index >= 15 is 0 Å². The van der Waals surface area contributed by atoms with E-state index in [1.54, 1.807) is 0 Å². The molecule has 19 heavy (non-hydrogen) atoms. The summed E-state index contributed by atoms with van der Waals surface area (Å²) < 4.78 is 5.34. The van der Waals surface area contributed by atoms with Gasteiger partial charge in [0, 0.05) is 6.54 Å². The summed E-state index contributed by atoms with van der Waals surface area (Å²) in [5.74, 6) is -0.230. The van der Waals surface area contributed by atoms with Gasteiger partial charge in [-0.05, 0) is 19.4 Å². The molecule has 2 aliphatic heterocycles. The van der Waals surface area contributed by atoms with Crippen LogP contribution in [0.4, 0.5) is 0 Å². The Morgan fingerprint density at radius 1 is 1.32 bits per heavy atom. The topological polar surface area (TPSA) is 46.6 Å². The lowest BCUT2D eigenvalue weighted by atomic mass is 9.83. The highest BCUT2D eigenvalue weighted by Crippen LogP contribution is 2.46. The normalized spacial score (nSPS) is 33.5. The first-order valence-corrected chi connectivity index (χ1v) is 6.57. The molecular weight excluding hydrogens is 242 g/mol. The van der Waals surface area contributed by atoms with Crippen molar-refractivity contribution in [1.29, 1.82) is 0 Å². The first-order chi connectivity index (χ1) is 9.02. The van der Waals surface area contributed by atoms with Crippen molar-refractivity contribution in [2.24, 2.45) is 5.41 Å². The average Bonchev–Trinajstić information content (AvgIpc) is 2.78. The fraction of sp³-hybridized carbons (Fsp3) is 0.467. The number of amides is 1. The number of hydrogen-bond acceptors (Lipinski definition) is 3. The summed E-state index contributed by atoms with van der Waals surface area (Å²) in [6.07, 6.45) is -0.109. The van der Waals surface area contributed by atoms with Gasteiger partial charge in [0.15, 0.2) is 0 Å². The quantitative estimate of drug-likeness (QED) is 0.760. The molecule has 0 saturated carbocycles. The highest BCUT2D eigenvalue weighted by atomic mass is 16.6. The van der Waals surface area contributed by atoms with Crippen LogP contribution in [0.3, 0.4) is 0 Å². The van der Waals surface area contributed by atoms with Gasteiger partial charge in [-0.15, -0.1) is 0 Å². The average molecular weight is 259 g/mol. The second-order valence-corrected chi connectivity index (χ2v) is 5.66. The molecule has 3 atom stereocenters. The first-order valence-electron chi connectivity index (χ1n) is 6.57. The lowest BCUT2D eigenvalue weighted by Crippen LogP contribution is -2.35.